The summed E-state index contributed by atoms with van der Waals surface area (Å²) in [7, 11) is 0. The standard InChI is InChI=1S/C17H26N2/c1-13(2)19-9-15(10-19)8-18-11-17(12-18)16-6-4-14(3)5-7-16/h4-7,13,15,17H,8-12H2,1-3H3. The minimum Gasteiger partial charge on any atom is -0.302 e. The quantitative estimate of drug-likeness (QED) is 0.819. The molecule has 0 bridgehead atoms. The third-order valence-electron chi connectivity index (χ3n) is 4.74. The third-order valence-corrected chi connectivity index (χ3v) is 4.74. The van der Waals surface area contributed by atoms with Crippen LogP contribution in [-0.2, 0) is 0 Å². The van der Waals surface area contributed by atoms with Gasteiger partial charge in [0, 0.05) is 44.7 Å². The van der Waals surface area contributed by atoms with Crippen molar-refractivity contribution in [1.82, 2.24) is 9.80 Å². The molecule has 0 amide bonds. The van der Waals surface area contributed by atoms with Crippen LogP contribution >= 0.6 is 0 Å². The third kappa shape index (κ3) is 2.85. The fourth-order valence-electron chi connectivity index (χ4n) is 3.28. The lowest BCUT2D eigenvalue weighted by Gasteiger charge is -2.48. The Morgan fingerprint density at radius 2 is 1.68 bits per heavy atom. The highest BCUT2D eigenvalue weighted by Crippen LogP contribution is 2.29. The topological polar surface area (TPSA) is 6.48 Å². The molecule has 104 valence electrons. The number of rotatable bonds is 4. The molecular weight excluding hydrogens is 232 g/mol. The molecular formula is C17H26N2. The maximum Gasteiger partial charge on any atom is 0.00936 e. The fourth-order valence-corrected chi connectivity index (χ4v) is 3.28. The van der Waals surface area contributed by atoms with Crippen molar-refractivity contribution in [2.75, 3.05) is 32.7 Å². The van der Waals surface area contributed by atoms with Crippen LogP contribution in [0.5, 0.6) is 0 Å². The SMILES string of the molecule is Cc1ccc(C2CN(CC3CN(C(C)C)C3)C2)cc1. The van der Waals surface area contributed by atoms with Crippen LogP contribution in [0.15, 0.2) is 24.3 Å². The largest absolute Gasteiger partial charge is 0.302 e. The molecule has 2 nitrogen and oxygen atoms in total. The average molecular weight is 258 g/mol. The number of hydrogen-bond donors (Lipinski definition) is 0. The van der Waals surface area contributed by atoms with E-state index in [1.165, 1.54) is 43.9 Å². The van der Waals surface area contributed by atoms with E-state index >= 15 is 0 Å². The zero-order valence-electron chi connectivity index (χ0n) is 12.5. The molecule has 2 heteroatoms. The Bertz CT molecular complexity index is 411. The van der Waals surface area contributed by atoms with Gasteiger partial charge in [0.2, 0.25) is 0 Å². The van der Waals surface area contributed by atoms with Crippen LogP contribution in [0.3, 0.4) is 0 Å². The highest BCUT2D eigenvalue weighted by atomic mass is 15.3. The molecule has 0 aliphatic carbocycles. The lowest BCUT2D eigenvalue weighted by molar-refractivity contribution is 0.0208. The van der Waals surface area contributed by atoms with Gasteiger partial charge in [-0.05, 0) is 32.3 Å². The maximum atomic E-state index is 2.63. The highest BCUT2D eigenvalue weighted by molar-refractivity contribution is 5.26. The van der Waals surface area contributed by atoms with Gasteiger partial charge in [-0.25, -0.2) is 0 Å². The predicted octanol–water partition coefficient (Wildman–Crippen LogP) is 2.73. The first kappa shape index (κ1) is 13.1. The monoisotopic (exact) mass is 258 g/mol. The molecule has 0 atom stereocenters. The molecule has 2 aliphatic rings. The zero-order valence-corrected chi connectivity index (χ0v) is 12.5. The van der Waals surface area contributed by atoms with E-state index in [0.717, 1.165) is 17.9 Å². The van der Waals surface area contributed by atoms with Crippen molar-refractivity contribution in [3.8, 4) is 0 Å². The van der Waals surface area contributed by atoms with E-state index in [1.54, 1.807) is 0 Å². The number of likely N-dealkylation sites (tertiary alicyclic amines) is 2. The molecule has 0 radical (unpaired) electrons. The highest BCUT2D eigenvalue weighted by Gasteiger charge is 2.34. The zero-order chi connectivity index (χ0) is 13.4. The number of nitrogens with zero attached hydrogens (tertiary/aromatic N) is 2. The van der Waals surface area contributed by atoms with Gasteiger partial charge in [-0.15, -0.1) is 0 Å². The smallest absolute Gasteiger partial charge is 0.00936 e. The van der Waals surface area contributed by atoms with Crippen molar-refractivity contribution in [3.05, 3.63) is 35.4 Å². The molecule has 0 N–H and O–H groups in total. The molecule has 0 unspecified atom stereocenters. The first-order valence-corrected chi connectivity index (χ1v) is 7.65. The Hall–Kier alpha value is -0.860. The van der Waals surface area contributed by atoms with E-state index < -0.39 is 0 Å². The minimum atomic E-state index is 0.730. The van der Waals surface area contributed by atoms with Crippen LogP contribution in [0.4, 0.5) is 0 Å². The summed E-state index contributed by atoms with van der Waals surface area (Å²) < 4.78 is 0. The van der Waals surface area contributed by atoms with E-state index in [4.69, 9.17) is 0 Å². The van der Waals surface area contributed by atoms with Crippen LogP contribution in [0, 0.1) is 12.8 Å². The van der Waals surface area contributed by atoms with Crippen LogP contribution in [-0.4, -0.2) is 48.6 Å². The Morgan fingerprint density at radius 3 is 2.26 bits per heavy atom. The van der Waals surface area contributed by atoms with Crippen molar-refractivity contribution < 1.29 is 0 Å². The molecule has 2 aliphatic heterocycles. The Balaban J connectivity index is 1.40. The molecule has 1 aromatic carbocycles. The summed E-state index contributed by atoms with van der Waals surface area (Å²) in [4.78, 5) is 5.20. The van der Waals surface area contributed by atoms with Crippen molar-refractivity contribution in [1.29, 1.82) is 0 Å². The van der Waals surface area contributed by atoms with E-state index in [0.29, 0.717) is 0 Å². The molecule has 2 saturated heterocycles. The second kappa shape index (κ2) is 5.26. The first-order valence-electron chi connectivity index (χ1n) is 7.65. The summed E-state index contributed by atoms with van der Waals surface area (Å²) in [5.74, 6) is 1.70. The second-order valence-corrected chi connectivity index (χ2v) is 6.74. The Kier molecular flexibility index (Phi) is 3.64. The Labute approximate surface area is 117 Å². The summed E-state index contributed by atoms with van der Waals surface area (Å²) in [6, 6.07) is 9.82. The van der Waals surface area contributed by atoms with Crippen LogP contribution in [0.1, 0.15) is 30.9 Å². The first-order chi connectivity index (χ1) is 9.11. The summed E-state index contributed by atoms with van der Waals surface area (Å²) in [6.07, 6.45) is 0. The molecule has 0 saturated carbocycles. The summed E-state index contributed by atoms with van der Waals surface area (Å²) in [5.41, 5.74) is 2.89. The summed E-state index contributed by atoms with van der Waals surface area (Å²) in [5, 5.41) is 0. The lowest BCUT2D eigenvalue weighted by atomic mass is 9.88. The molecule has 0 aromatic heterocycles. The van der Waals surface area contributed by atoms with Gasteiger partial charge >= 0.3 is 0 Å². The van der Waals surface area contributed by atoms with Gasteiger partial charge < -0.3 is 9.80 Å². The molecule has 1 aromatic rings. The fraction of sp³-hybridized carbons (Fsp3) is 0.647. The number of benzene rings is 1. The molecule has 2 fully saturated rings. The van der Waals surface area contributed by atoms with E-state index in [1.807, 2.05) is 0 Å². The van der Waals surface area contributed by atoms with Crippen molar-refractivity contribution >= 4 is 0 Å². The van der Waals surface area contributed by atoms with Crippen molar-refractivity contribution in [2.24, 2.45) is 5.92 Å². The average Bonchev–Trinajstić information content (AvgIpc) is 2.26. The van der Waals surface area contributed by atoms with Gasteiger partial charge in [0.15, 0.2) is 0 Å². The lowest BCUT2D eigenvalue weighted by Crippen LogP contribution is -2.57. The van der Waals surface area contributed by atoms with Crippen molar-refractivity contribution in [2.45, 2.75) is 32.7 Å². The number of aryl methyl sites for hydroxylation is 1. The van der Waals surface area contributed by atoms with Crippen LogP contribution < -0.4 is 0 Å². The van der Waals surface area contributed by atoms with Crippen molar-refractivity contribution in [3.63, 3.8) is 0 Å². The van der Waals surface area contributed by atoms with Gasteiger partial charge in [0.05, 0.1) is 0 Å². The predicted molar refractivity (Wildman–Crippen MR) is 80.6 cm³/mol. The molecule has 0 spiro atoms. The van der Waals surface area contributed by atoms with Gasteiger partial charge in [0.1, 0.15) is 0 Å². The van der Waals surface area contributed by atoms with E-state index in [2.05, 4.69) is 54.8 Å². The summed E-state index contributed by atoms with van der Waals surface area (Å²) in [6.45, 7) is 13.2. The Morgan fingerprint density at radius 1 is 1.05 bits per heavy atom. The maximum absolute atomic E-state index is 2.63. The normalized spacial score (nSPS) is 22.5. The van der Waals surface area contributed by atoms with Crippen LogP contribution in [0.25, 0.3) is 0 Å². The van der Waals surface area contributed by atoms with Gasteiger partial charge in [0.25, 0.3) is 0 Å². The second-order valence-electron chi connectivity index (χ2n) is 6.74. The van der Waals surface area contributed by atoms with Gasteiger partial charge in [-0.1, -0.05) is 29.8 Å². The molecule has 2 heterocycles. The van der Waals surface area contributed by atoms with E-state index in [9.17, 15) is 0 Å². The molecule has 19 heavy (non-hydrogen) atoms. The van der Waals surface area contributed by atoms with Crippen LogP contribution in [0.2, 0.25) is 0 Å². The van der Waals surface area contributed by atoms with Gasteiger partial charge in [-0.2, -0.15) is 0 Å². The minimum absolute atomic E-state index is 0.730. The summed E-state index contributed by atoms with van der Waals surface area (Å²) >= 11 is 0. The molecule has 3 rings (SSSR count). The number of hydrogen-bond acceptors (Lipinski definition) is 2. The van der Waals surface area contributed by atoms with Gasteiger partial charge in [-0.3, -0.25) is 0 Å². The van der Waals surface area contributed by atoms with E-state index in [-0.39, 0.29) is 0 Å².